The largest absolute Gasteiger partial charge is 0.479 e. The number of carboxylic acid groups (broad SMARTS) is 1. The summed E-state index contributed by atoms with van der Waals surface area (Å²) in [7, 11) is 0. The Bertz CT molecular complexity index is 381. The van der Waals surface area contributed by atoms with Gasteiger partial charge < -0.3 is 10.2 Å². The quantitative estimate of drug-likeness (QED) is 0.730. The lowest BCUT2D eigenvalue weighted by Crippen LogP contribution is -2.21. The zero-order valence-electron chi connectivity index (χ0n) is 7.34. The van der Waals surface area contributed by atoms with Gasteiger partial charge in [0, 0.05) is 6.42 Å². The highest BCUT2D eigenvalue weighted by atomic mass is 16.4. The number of nitriles is 1. The molecule has 0 aliphatic heterocycles. The predicted octanol–water partition coefficient (Wildman–Crippen LogP) is 0.546. The van der Waals surface area contributed by atoms with E-state index in [0.717, 1.165) is 0 Å². The van der Waals surface area contributed by atoms with Crippen LogP contribution in [0.15, 0.2) is 24.3 Å². The lowest BCUT2D eigenvalue weighted by atomic mass is 10.1. The number of hydrogen-bond acceptors (Lipinski definition) is 3. The topological polar surface area (TPSA) is 81.3 Å². The second-order valence-electron chi connectivity index (χ2n) is 2.87. The molecule has 0 spiro atoms. The first-order valence-electron chi connectivity index (χ1n) is 4.03. The number of hydrogen-bond donors (Lipinski definition) is 2. The van der Waals surface area contributed by atoms with Crippen molar-refractivity contribution in [2.45, 2.75) is 12.5 Å². The summed E-state index contributed by atoms with van der Waals surface area (Å²) in [5, 5.41) is 26.1. The first-order chi connectivity index (χ1) is 6.63. The molecule has 14 heavy (non-hydrogen) atoms. The van der Waals surface area contributed by atoms with Crippen molar-refractivity contribution in [2.24, 2.45) is 0 Å². The Morgan fingerprint density at radius 1 is 1.57 bits per heavy atom. The van der Waals surface area contributed by atoms with Gasteiger partial charge >= 0.3 is 5.97 Å². The molecule has 72 valence electrons. The van der Waals surface area contributed by atoms with Crippen LogP contribution in [0.25, 0.3) is 0 Å². The standard InChI is InChI=1S/C10H9NO3/c11-6-8-3-1-2-7(4-8)5-9(12)10(13)14/h1-4,9,12H,5H2,(H,13,14)/t9-/m1/s1. The smallest absolute Gasteiger partial charge is 0.332 e. The Hall–Kier alpha value is -1.86. The molecular weight excluding hydrogens is 182 g/mol. The molecule has 0 radical (unpaired) electrons. The van der Waals surface area contributed by atoms with Crippen molar-refractivity contribution in [2.75, 3.05) is 0 Å². The minimum absolute atomic E-state index is 0.0187. The van der Waals surface area contributed by atoms with Crippen LogP contribution in [0.4, 0.5) is 0 Å². The van der Waals surface area contributed by atoms with E-state index in [1.807, 2.05) is 6.07 Å². The lowest BCUT2D eigenvalue weighted by Gasteiger charge is -2.04. The van der Waals surface area contributed by atoms with E-state index in [9.17, 15) is 4.79 Å². The summed E-state index contributed by atoms with van der Waals surface area (Å²) in [5.74, 6) is -1.26. The molecule has 1 aromatic carbocycles. The van der Waals surface area contributed by atoms with E-state index in [0.29, 0.717) is 11.1 Å². The fourth-order valence-corrected chi connectivity index (χ4v) is 1.08. The second kappa shape index (κ2) is 4.40. The van der Waals surface area contributed by atoms with Gasteiger partial charge in [-0.3, -0.25) is 0 Å². The third-order valence-electron chi connectivity index (χ3n) is 1.77. The molecule has 0 aliphatic carbocycles. The van der Waals surface area contributed by atoms with Gasteiger partial charge in [-0.2, -0.15) is 5.26 Å². The van der Waals surface area contributed by atoms with Crippen molar-refractivity contribution in [3.63, 3.8) is 0 Å². The van der Waals surface area contributed by atoms with Gasteiger partial charge in [-0.05, 0) is 17.7 Å². The van der Waals surface area contributed by atoms with Gasteiger partial charge in [0.15, 0.2) is 6.10 Å². The molecule has 0 saturated carbocycles. The van der Waals surface area contributed by atoms with Gasteiger partial charge in [0.05, 0.1) is 11.6 Å². The van der Waals surface area contributed by atoms with E-state index < -0.39 is 12.1 Å². The van der Waals surface area contributed by atoms with E-state index in [2.05, 4.69) is 0 Å². The van der Waals surface area contributed by atoms with Crippen LogP contribution in [0.2, 0.25) is 0 Å². The van der Waals surface area contributed by atoms with Gasteiger partial charge in [-0.15, -0.1) is 0 Å². The molecular formula is C10H9NO3. The van der Waals surface area contributed by atoms with Crippen LogP contribution in [0.5, 0.6) is 0 Å². The third kappa shape index (κ3) is 2.57. The first kappa shape index (κ1) is 10.2. The van der Waals surface area contributed by atoms with Crippen LogP contribution >= 0.6 is 0 Å². The number of aliphatic carboxylic acids is 1. The highest BCUT2D eigenvalue weighted by Gasteiger charge is 2.13. The summed E-state index contributed by atoms with van der Waals surface area (Å²) in [4.78, 5) is 10.3. The van der Waals surface area contributed by atoms with Crippen LogP contribution < -0.4 is 0 Å². The Labute approximate surface area is 81.0 Å². The van der Waals surface area contributed by atoms with E-state index in [-0.39, 0.29) is 6.42 Å². The number of carboxylic acids is 1. The summed E-state index contributed by atoms with van der Waals surface area (Å²) in [5.41, 5.74) is 1.10. The molecule has 0 fully saturated rings. The fraction of sp³-hybridized carbons (Fsp3) is 0.200. The van der Waals surface area contributed by atoms with E-state index in [1.54, 1.807) is 24.3 Å². The summed E-state index contributed by atoms with van der Waals surface area (Å²) >= 11 is 0. The molecule has 4 nitrogen and oxygen atoms in total. The molecule has 4 heteroatoms. The average Bonchev–Trinajstić information content (AvgIpc) is 2.18. The van der Waals surface area contributed by atoms with Crippen molar-refractivity contribution in [3.05, 3.63) is 35.4 Å². The van der Waals surface area contributed by atoms with Gasteiger partial charge in [0.1, 0.15) is 0 Å². The van der Waals surface area contributed by atoms with Crippen molar-refractivity contribution < 1.29 is 15.0 Å². The number of benzene rings is 1. The molecule has 0 aromatic heterocycles. The molecule has 1 rings (SSSR count). The first-order valence-corrected chi connectivity index (χ1v) is 4.03. The highest BCUT2D eigenvalue weighted by molar-refractivity contribution is 5.72. The van der Waals surface area contributed by atoms with E-state index >= 15 is 0 Å². The van der Waals surface area contributed by atoms with Gasteiger partial charge in [0.25, 0.3) is 0 Å². The molecule has 0 amide bonds. The SMILES string of the molecule is N#Cc1cccc(C[C@@H](O)C(=O)O)c1. The molecule has 0 heterocycles. The summed E-state index contributed by atoms with van der Waals surface area (Å²) in [6.07, 6.45) is -1.39. The zero-order valence-corrected chi connectivity index (χ0v) is 7.34. The molecule has 0 unspecified atom stereocenters. The van der Waals surface area contributed by atoms with E-state index in [1.165, 1.54) is 0 Å². The maximum atomic E-state index is 10.3. The molecule has 1 atom stereocenters. The van der Waals surface area contributed by atoms with E-state index in [4.69, 9.17) is 15.5 Å². The van der Waals surface area contributed by atoms with Crippen LogP contribution in [-0.4, -0.2) is 22.3 Å². The monoisotopic (exact) mass is 191 g/mol. The van der Waals surface area contributed by atoms with Crippen molar-refractivity contribution >= 4 is 5.97 Å². The Morgan fingerprint density at radius 2 is 2.29 bits per heavy atom. The zero-order chi connectivity index (χ0) is 10.6. The number of carbonyl (C=O) groups is 1. The molecule has 2 N–H and O–H groups in total. The number of aliphatic hydroxyl groups excluding tert-OH is 1. The number of rotatable bonds is 3. The summed E-state index contributed by atoms with van der Waals surface area (Å²) in [6.45, 7) is 0. The lowest BCUT2D eigenvalue weighted by molar-refractivity contribution is -0.146. The predicted molar refractivity (Wildman–Crippen MR) is 48.5 cm³/mol. The highest BCUT2D eigenvalue weighted by Crippen LogP contribution is 2.07. The van der Waals surface area contributed by atoms with Crippen LogP contribution in [0.3, 0.4) is 0 Å². The third-order valence-corrected chi connectivity index (χ3v) is 1.77. The molecule has 1 aromatic rings. The number of nitrogens with zero attached hydrogens (tertiary/aromatic N) is 1. The second-order valence-corrected chi connectivity index (χ2v) is 2.87. The Balaban J connectivity index is 2.78. The maximum absolute atomic E-state index is 10.3. The van der Waals surface area contributed by atoms with Crippen LogP contribution in [0.1, 0.15) is 11.1 Å². The Morgan fingerprint density at radius 3 is 2.86 bits per heavy atom. The van der Waals surface area contributed by atoms with Crippen molar-refractivity contribution in [1.82, 2.24) is 0 Å². The fourth-order valence-electron chi connectivity index (χ4n) is 1.08. The van der Waals surface area contributed by atoms with Gasteiger partial charge in [0.2, 0.25) is 0 Å². The van der Waals surface area contributed by atoms with Crippen molar-refractivity contribution in [1.29, 1.82) is 5.26 Å². The maximum Gasteiger partial charge on any atom is 0.332 e. The minimum Gasteiger partial charge on any atom is -0.479 e. The van der Waals surface area contributed by atoms with Crippen LogP contribution in [0, 0.1) is 11.3 Å². The van der Waals surface area contributed by atoms with Crippen LogP contribution in [-0.2, 0) is 11.2 Å². The molecule has 0 bridgehead atoms. The van der Waals surface area contributed by atoms with Crippen molar-refractivity contribution in [3.8, 4) is 6.07 Å². The minimum atomic E-state index is -1.41. The van der Waals surface area contributed by atoms with Gasteiger partial charge in [-0.1, -0.05) is 12.1 Å². The summed E-state index contributed by atoms with van der Waals surface area (Å²) in [6, 6.07) is 8.45. The summed E-state index contributed by atoms with van der Waals surface area (Å²) < 4.78 is 0. The normalized spacial score (nSPS) is 11.7. The average molecular weight is 191 g/mol. The molecule has 0 aliphatic rings. The number of aliphatic hydroxyl groups is 1. The van der Waals surface area contributed by atoms with Gasteiger partial charge in [-0.25, -0.2) is 4.79 Å². The Kier molecular flexibility index (Phi) is 3.21. The molecule has 0 saturated heterocycles.